The molecule has 0 bridgehead atoms. The van der Waals surface area contributed by atoms with Gasteiger partial charge in [-0.2, -0.15) is 5.06 Å². The van der Waals surface area contributed by atoms with Gasteiger partial charge in [0.05, 0.1) is 19.3 Å². The first kappa shape index (κ1) is 28.3. The van der Waals surface area contributed by atoms with Crippen LogP contribution in [0.3, 0.4) is 0 Å². The number of aliphatic hydroxyl groups is 3. The monoisotopic (exact) mass is 520 g/mol. The Labute approximate surface area is 225 Å². The fourth-order valence-electron chi connectivity index (χ4n) is 5.57. The topological polar surface area (TPSA) is 102 Å². The second-order valence-electron chi connectivity index (χ2n) is 10.8. The maximum absolute atomic E-state index is 13.4. The van der Waals surface area contributed by atoms with Gasteiger partial charge in [0.15, 0.2) is 0 Å². The van der Waals surface area contributed by atoms with E-state index in [4.69, 9.17) is 4.84 Å². The highest BCUT2D eigenvalue weighted by atomic mass is 16.7. The van der Waals surface area contributed by atoms with Gasteiger partial charge in [0.2, 0.25) is 5.91 Å². The first-order valence-electron chi connectivity index (χ1n) is 13.7. The number of aliphatic hydroxyl groups excluding tert-OH is 2. The van der Waals surface area contributed by atoms with Gasteiger partial charge in [-0.3, -0.25) is 9.63 Å². The highest BCUT2D eigenvalue weighted by Crippen LogP contribution is 2.32. The van der Waals surface area contributed by atoms with Gasteiger partial charge >= 0.3 is 0 Å². The maximum Gasteiger partial charge on any atom is 0.240 e. The zero-order valence-electron chi connectivity index (χ0n) is 22.3. The number of hydroxylamine groups is 2. The van der Waals surface area contributed by atoms with Crippen molar-refractivity contribution in [1.29, 1.82) is 0 Å². The summed E-state index contributed by atoms with van der Waals surface area (Å²) in [5.74, 6) is 5.75. The zero-order chi connectivity index (χ0) is 27.1. The quantitative estimate of drug-likeness (QED) is 0.399. The molecule has 2 aliphatic rings. The Morgan fingerprint density at radius 1 is 1.16 bits per heavy atom. The molecule has 1 saturated heterocycles. The Morgan fingerprint density at radius 2 is 1.89 bits per heavy atom. The Morgan fingerprint density at radius 3 is 2.58 bits per heavy atom. The lowest BCUT2D eigenvalue weighted by Crippen LogP contribution is -2.49. The van der Waals surface area contributed by atoms with Crippen LogP contribution in [0.25, 0.3) is 0 Å². The van der Waals surface area contributed by atoms with E-state index in [1.807, 2.05) is 54.6 Å². The van der Waals surface area contributed by atoms with Gasteiger partial charge in [-0.05, 0) is 55.9 Å². The second-order valence-corrected chi connectivity index (χ2v) is 10.8. The number of carbonyl (C=O) groups is 1. The Bertz CT molecular complexity index is 1120. The number of carbonyl (C=O) groups excluding carboxylic acids is 1. The van der Waals surface area contributed by atoms with Gasteiger partial charge in [-0.15, -0.1) is 0 Å². The molecule has 4 N–H and O–H groups in total. The van der Waals surface area contributed by atoms with Crippen LogP contribution in [0.5, 0.6) is 0 Å². The molecule has 0 aromatic heterocycles. The fourth-order valence-corrected chi connectivity index (χ4v) is 5.57. The minimum absolute atomic E-state index is 0.188. The van der Waals surface area contributed by atoms with E-state index in [1.165, 1.54) is 19.3 Å². The van der Waals surface area contributed by atoms with Gasteiger partial charge in [0.25, 0.3) is 0 Å². The van der Waals surface area contributed by atoms with Crippen LogP contribution >= 0.6 is 0 Å². The molecule has 1 aliphatic carbocycles. The van der Waals surface area contributed by atoms with Crippen LogP contribution in [0.2, 0.25) is 0 Å². The van der Waals surface area contributed by atoms with Gasteiger partial charge in [-0.1, -0.05) is 73.6 Å². The normalized spacial score (nSPS) is 24.7. The van der Waals surface area contributed by atoms with Crippen molar-refractivity contribution >= 4 is 5.91 Å². The molecule has 4 rings (SSSR count). The van der Waals surface area contributed by atoms with Crippen LogP contribution in [0, 0.1) is 23.7 Å². The van der Waals surface area contributed by atoms with Gasteiger partial charge in [-0.25, -0.2) is 0 Å². The Kier molecular flexibility index (Phi) is 9.59. The van der Waals surface area contributed by atoms with E-state index in [9.17, 15) is 20.1 Å². The number of nitrogens with zero attached hydrogens (tertiary/aromatic N) is 1. The molecule has 38 heavy (non-hydrogen) atoms. The van der Waals surface area contributed by atoms with E-state index < -0.39 is 29.8 Å². The summed E-state index contributed by atoms with van der Waals surface area (Å²) in [6.45, 7) is 3.91. The van der Waals surface area contributed by atoms with E-state index in [2.05, 4.69) is 17.2 Å². The van der Waals surface area contributed by atoms with E-state index in [-0.39, 0.29) is 19.1 Å². The van der Waals surface area contributed by atoms with Gasteiger partial charge in [0, 0.05) is 18.0 Å². The van der Waals surface area contributed by atoms with Crippen molar-refractivity contribution in [3.8, 4) is 11.8 Å². The van der Waals surface area contributed by atoms with Crippen LogP contribution in [0.1, 0.15) is 62.6 Å². The van der Waals surface area contributed by atoms with Crippen molar-refractivity contribution < 1.29 is 25.0 Å². The highest BCUT2D eigenvalue weighted by molar-refractivity contribution is 5.82. The SMILES string of the molecule is C[C@@H](O)[C@H]1[C@@H](CO)ON(Cc2cccc(C#CC(C)(O)c3ccccc3)c2)[C@H]1C(=O)NCC1CCCCC1. The van der Waals surface area contributed by atoms with Crippen molar-refractivity contribution in [3.05, 3.63) is 71.3 Å². The highest BCUT2D eigenvalue weighted by Gasteiger charge is 2.49. The Hall–Kier alpha value is -2.73. The molecule has 204 valence electrons. The molecule has 2 aromatic rings. The average molecular weight is 521 g/mol. The molecule has 5 atom stereocenters. The third-order valence-electron chi connectivity index (χ3n) is 7.72. The smallest absolute Gasteiger partial charge is 0.240 e. The van der Waals surface area contributed by atoms with Crippen LogP contribution in [-0.4, -0.2) is 57.7 Å². The third-order valence-corrected chi connectivity index (χ3v) is 7.72. The number of nitrogens with one attached hydrogen (secondary N) is 1. The molecule has 2 aromatic carbocycles. The molecule has 1 heterocycles. The zero-order valence-corrected chi connectivity index (χ0v) is 22.3. The molecule has 2 fully saturated rings. The van der Waals surface area contributed by atoms with Gasteiger partial charge < -0.3 is 20.6 Å². The summed E-state index contributed by atoms with van der Waals surface area (Å²) in [6.07, 6.45) is 4.38. The number of hydrogen-bond donors (Lipinski definition) is 4. The van der Waals surface area contributed by atoms with E-state index in [1.54, 1.807) is 18.9 Å². The summed E-state index contributed by atoms with van der Waals surface area (Å²) in [5, 5.41) is 36.0. The summed E-state index contributed by atoms with van der Waals surface area (Å²) in [6, 6.07) is 16.1. The molecular weight excluding hydrogens is 480 g/mol. The van der Waals surface area contributed by atoms with Crippen molar-refractivity contribution in [3.63, 3.8) is 0 Å². The molecule has 1 aliphatic heterocycles. The van der Waals surface area contributed by atoms with Crippen LogP contribution < -0.4 is 5.32 Å². The Balaban J connectivity index is 1.50. The fraction of sp³-hybridized carbons (Fsp3) is 0.516. The van der Waals surface area contributed by atoms with Crippen LogP contribution in [-0.2, 0) is 21.8 Å². The number of hydrogen-bond acceptors (Lipinski definition) is 6. The number of rotatable bonds is 8. The number of amides is 1. The second kappa shape index (κ2) is 12.9. The summed E-state index contributed by atoms with van der Waals surface area (Å²) in [4.78, 5) is 19.4. The van der Waals surface area contributed by atoms with Crippen LogP contribution in [0.4, 0.5) is 0 Å². The van der Waals surface area contributed by atoms with Gasteiger partial charge in [0.1, 0.15) is 17.7 Å². The van der Waals surface area contributed by atoms with E-state index >= 15 is 0 Å². The van der Waals surface area contributed by atoms with E-state index in [0.717, 1.165) is 29.5 Å². The first-order valence-corrected chi connectivity index (χ1v) is 13.7. The molecule has 7 nitrogen and oxygen atoms in total. The summed E-state index contributed by atoms with van der Waals surface area (Å²) >= 11 is 0. The van der Waals surface area contributed by atoms with Crippen molar-refractivity contribution in [2.75, 3.05) is 13.2 Å². The minimum Gasteiger partial charge on any atom is -0.394 e. The maximum atomic E-state index is 13.4. The molecular formula is C31H40N2O5. The van der Waals surface area contributed by atoms with Crippen molar-refractivity contribution in [1.82, 2.24) is 10.4 Å². The lowest BCUT2D eigenvalue weighted by molar-refractivity contribution is -0.181. The molecule has 7 heteroatoms. The predicted octanol–water partition coefficient (Wildman–Crippen LogP) is 3.12. The largest absolute Gasteiger partial charge is 0.394 e. The van der Waals surface area contributed by atoms with E-state index in [0.29, 0.717) is 12.5 Å². The molecule has 1 unspecified atom stereocenters. The lowest BCUT2D eigenvalue weighted by Gasteiger charge is -2.28. The lowest BCUT2D eigenvalue weighted by atomic mass is 9.88. The summed E-state index contributed by atoms with van der Waals surface area (Å²) in [5.41, 5.74) is 1.01. The molecule has 1 saturated carbocycles. The summed E-state index contributed by atoms with van der Waals surface area (Å²) < 4.78 is 0. The van der Waals surface area contributed by atoms with Crippen molar-refractivity contribution in [2.24, 2.45) is 11.8 Å². The molecule has 1 amide bonds. The summed E-state index contributed by atoms with van der Waals surface area (Å²) in [7, 11) is 0. The van der Waals surface area contributed by atoms with Crippen molar-refractivity contribution in [2.45, 2.75) is 76.3 Å². The predicted molar refractivity (Wildman–Crippen MR) is 145 cm³/mol. The number of benzene rings is 2. The molecule has 0 radical (unpaired) electrons. The molecule has 0 spiro atoms. The van der Waals surface area contributed by atoms with Crippen LogP contribution in [0.15, 0.2) is 54.6 Å². The average Bonchev–Trinajstić information content (AvgIpc) is 3.30. The minimum atomic E-state index is -1.30. The first-order chi connectivity index (χ1) is 18.3. The third kappa shape index (κ3) is 7.02. The standard InChI is InChI=1S/C31H40N2O5/c1-22(35)28-27(21-34)38-33(29(28)30(36)32-19-24-10-5-3-6-11-24)20-25-13-9-12-23(18-25)16-17-31(2,37)26-14-7-4-8-15-26/h4,7-9,12-15,18,22,24,27-29,34-35,37H,3,5-6,10-11,19-21H2,1-2H3,(H,32,36)/t22-,27-,28+,29-,31?/m1/s1.